The Labute approximate surface area is 163 Å². The molecule has 0 unspecified atom stereocenters. The van der Waals surface area contributed by atoms with Gasteiger partial charge in [-0.3, -0.25) is 23.7 Å². The predicted octanol–water partition coefficient (Wildman–Crippen LogP) is -2.94. The maximum atomic E-state index is 12.8. The minimum absolute atomic E-state index is 0.281. The van der Waals surface area contributed by atoms with Gasteiger partial charge in [-0.25, -0.2) is 4.79 Å². The lowest BCUT2D eigenvalue weighted by molar-refractivity contribution is -0.211. The number of hydrogen-bond acceptors (Lipinski definition) is 11. The number of ketones is 4. The molecule has 0 spiro atoms. The van der Waals surface area contributed by atoms with E-state index in [2.05, 4.69) is 4.98 Å². The van der Waals surface area contributed by atoms with E-state index >= 15 is 0 Å². The molecule has 5 N–H and O–H groups in total. The molecule has 1 saturated heterocycles. The van der Waals surface area contributed by atoms with E-state index in [1.54, 1.807) is 0 Å². The van der Waals surface area contributed by atoms with Crippen molar-refractivity contribution in [2.75, 3.05) is 12.3 Å². The topological polar surface area (TPSA) is 199 Å². The maximum Gasteiger partial charge on any atom is 0.352 e. The zero-order valence-electron chi connectivity index (χ0n) is 16.1. The Morgan fingerprint density at radius 2 is 1.55 bits per heavy atom. The molecular formula is C17H21N3O9. The number of aliphatic hydroxyl groups is 3. The molecule has 0 aliphatic carbocycles. The average Bonchev–Trinajstić information content (AvgIpc) is 2.81. The first-order valence-electron chi connectivity index (χ1n) is 8.36. The summed E-state index contributed by atoms with van der Waals surface area (Å²) in [6, 6.07) is 1.02. The molecule has 1 aromatic rings. The molecule has 0 aromatic carbocycles. The lowest BCUT2D eigenvalue weighted by atomic mass is 9.64. The van der Waals surface area contributed by atoms with Gasteiger partial charge in [0.1, 0.15) is 5.82 Å². The first kappa shape index (κ1) is 22.5. The number of rotatable bonds is 6. The van der Waals surface area contributed by atoms with Crippen LogP contribution >= 0.6 is 0 Å². The van der Waals surface area contributed by atoms with Gasteiger partial charge in [-0.1, -0.05) is 0 Å². The molecule has 158 valence electrons. The largest absolute Gasteiger partial charge is 0.393 e. The van der Waals surface area contributed by atoms with Crippen molar-refractivity contribution in [1.82, 2.24) is 9.55 Å². The van der Waals surface area contributed by atoms with Crippen LogP contribution in [0.1, 0.15) is 27.7 Å². The number of anilines is 1. The van der Waals surface area contributed by atoms with Crippen LogP contribution in [-0.2, 0) is 29.6 Å². The molecule has 1 aliphatic rings. The van der Waals surface area contributed by atoms with Crippen LogP contribution < -0.4 is 11.4 Å². The summed E-state index contributed by atoms with van der Waals surface area (Å²) in [5.41, 5.74) is -8.86. The van der Waals surface area contributed by atoms with E-state index in [0.29, 0.717) is 4.57 Å². The smallest absolute Gasteiger partial charge is 0.352 e. The zero-order valence-corrected chi connectivity index (χ0v) is 16.1. The third kappa shape index (κ3) is 2.34. The summed E-state index contributed by atoms with van der Waals surface area (Å²) in [6.45, 7) is 1.65. The molecule has 12 nitrogen and oxygen atoms in total. The normalized spacial score (nSPS) is 34.0. The molecule has 1 aromatic heterocycles. The molecule has 0 radical (unpaired) electrons. The lowest BCUT2D eigenvalue weighted by Gasteiger charge is -2.43. The molecule has 0 saturated carbocycles. The van der Waals surface area contributed by atoms with Crippen LogP contribution in [0.3, 0.4) is 0 Å². The van der Waals surface area contributed by atoms with Crippen LogP contribution in [0.2, 0.25) is 0 Å². The first-order valence-corrected chi connectivity index (χ1v) is 8.36. The van der Waals surface area contributed by atoms with Gasteiger partial charge in [0.05, 0.1) is 6.61 Å². The highest BCUT2D eigenvalue weighted by molar-refractivity contribution is 6.09. The molecule has 29 heavy (non-hydrogen) atoms. The van der Waals surface area contributed by atoms with Crippen molar-refractivity contribution in [1.29, 1.82) is 0 Å². The van der Waals surface area contributed by atoms with E-state index < -0.39 is 58.0 Å². The van der Waals surface area contributed by atoms with Gasteiger partial charge < -0.3 is 25.8 Å². The van der Waals surface area contributed by atoms with Gasteiger partial charge in [0.25, 0.3) is 0 Å². The van der Waals surface area contributed by atoms with E-state index in [-0.39, 0.29) is 5.82 Å². The number of Topliss-reactive ketones (excluding diaryl/α,β-unsaturated/α-hetero) is 4. The fourth-order valence-electron chi connectivity index (χ4n) is 3.93. The highest BCUT2D eigenvalue weighted by Gasteiger charge is 2.87. The number of nitrogens with two attached hydrogens (primary N) is 1. The van der Waals surface area contributed by atoms with Gasteiger partial charge in [-0.15, -0.1) is 0 Å². The van der Waals surface area contributed by atoms with E-state index in [0.717, 1.165) is 40.0 Å². The van der Waals surface area contributed by atoms with Crippen molar-refractivity contribution >= 4 is 29.0 Å². The van der Waals surface area contributed by atoms with Gasteiger partial charge >= 0.3 is 5.69 Å². The molecule has 2 heterocycles. The van der Waals surface area contributed by atoms with Crippen LogP contribution in [0.5, 0.6) is 0 Å². The predicted molar refractivity (Wildman–Crippen MR) is 94.4 cm³/mol. The summed E-state index contributed by atoms with van der Waals surface area (Å²) in [4.78, 5) is 66.3. The van der Waals surface area contributed by atoms with Crippen molar-refractivity contribution in [3.63, 3.8) is 0 Å². The summed E-state index contributed by atoms with van der Waals surface area (Å²) >= 11 is 0. The molecular weight excluding hydrogens is 390 g/mol. The molecule has 2 rings (SSSR count). The summed E-state index contributed by atoms with van der Waals surface area (Å²) in [5, 5.41) is 32.7. The van der Waals surface area contributed by atoms with Gasteiger partial charge in [0, 0.05) is 6.20 Å². The van der Waals surface area contributed by atoms with Crippen molar-refractivity contribution in [2.45, 2.75) is 50.2 Å². The quantitative estimate of drug-likeness (QED) is 0.373. The Morgan fingerprint density at radius 3 is 1.90 bits per heavy atom. The van der Waals surface area contributed by atoms with Crippen molar-refractivity contribution in [3.05, 3.63) is 22.7 Å². The van der Waals surface area contributed by atoms with Crippen molar-refractivity contribution in [3.8, 4) is 0 Å². The number of ether oxygens (including phenoxy) is 1. The van der Waals surface area contributed by atoms with Crippen molar-refractivity contribution < 1.29 is 39.2 Å². The SMILES string of the molecule is CC(=O)[C@@]1(O)[C@@](O)(C(C)=O)[C@](CO)(C(C)=O)O[C@@]1(C(C)=O)n1ccc(N)nc1=O. The van der Waals surface area contributed by atoms with Gasteiger partial charge in [-0.2, -0.15) is 4.98 Å². The number of aromatic nitrogens is 2. The number of aliphatic hydroxyl groups excluding tert-OH is 1. The summed E-state index contributed by atoms with van der Waals surface area (Å²) in [7, 11) is 0. The Kier molecular flexibility index (Phi) is 5.14. The van der Waals surface area contributed by atoms with Crippen LogP contribution in [0.15, 0.2) is 17.1 Å². The number of nitrogen functional groups attached to an aromatic ring is 1. The molecule has 1 fully saturated rings. The van der Waals surface area contributed by atoms with Crippen LogP contribution in [0.25, 0.3) is 0 Å². The molecule has 0 bridgehead atoms. The third-order valence-corrected chi connectivity index (χ3v) is 5.37. The van der Waals surface area contributed by atoms with E-state index in [9.17, 15) is 39.3 Å². The first-order chi connectivity index (χ1) is 13.2. The van der Waals surface area contributed by atoms with Crippen LogP contribution in [0, 0.1) is 0 Å². The highest BCUT2D eigenvalue weighted by atomic mass is 16.6. The fraction of sp³-hybridized carbons (Fsp3) is 0.529. The van der Waals surface area contributed by atoms with Crippen LogP contribution in [0.4, 0.5) is 5.82 Å². The van der Waals surface area contributed by atoms with Crippen molar-refractivity contribution in [2.24, 2.45) is 0 Å². The van der Waals surface area contributed by atoms with E-state index in [1.807, 2.05) is 0 Å². The zero-order chi connectivity index (χ0) is 22.6. The monoisotopic (exact) mass is 411 g/mol. The molecule has 1 aliphatic heterocycles. The highest BCUT2D eigenvalue weighted by Crippen LogP contribution is 2.56. The van der Waals surface area contributed by atoms with E-state index in [4.69, 9.17) is 10.5 Å². The second-order valence-corrected chi connectivity index (χ2v) is 6.88. The van der Waals surface area contributed by atoms with Gasteiger partial charge in [0.15, 0.2) is 28.7 Å². The number of nitrogens with zero attached hydrogens (tertiary/aromatic N) is 2. The molecule has 12 heteroatoms. The Balaban J connectivity index is 3.19. The third-order valence-electron chi connectivity index (χ3n) is 5.37. The summed E-state index contributed by atoms with van der Waals surface area (Å²) in [5.74, 6) is -5.45. The number of hydrogen-bond donors (Lipinski definition) is 4. The lowest BCUT2D eigenvalue weighted by Crippen LogP contribution is -2.76. The second-order valence-electron chi connectivity index (χ2n) is 6.88. The Hall–Kier alpha value is -2.80. The summed E-state index contributed by atoms with van der Waals surface area (Å²) in [6.07, 6.45) is 0.841. The maximum absolute atomic E-state index is 12.8. The second kappa shape index (κ2) is 6.62. The number of carbonyl (C=O) groups is 4. The fourth-order valence-corrected chi connectivity index (χ4v) is 3.93. The molecule has 4 atom stereocenters. The van der Waals surface area contributed by atoms with Gasteiger partial charge in [-0.05, 0) is 33.8 Å². The average molecular weight is 411 g/mol. The molecule has 0 amide bonds. The Bertz CT molecular complexity index is 989. The van der Waals surface area contributed by atoms with Crippen LogP contribution in [-0.4, -0.2) is 71.4 Å². The number of carbonyl (C=O) groups excluding carboxylic acids is 4. The Morgan fingerprint density at radius 1 is 1.03 bits per heavy atom. The summed E-state index contributed by atoms with van der Waals surface area (Å²) < 4.78 is 5.81. The minimum atomic E-state index is -3.49. The van der Waals surface area contributed by atoms with Gasteiger partial charge in [0.2, 0.25) is 16.9 Å². The van der Waals surface area contributed by atoms with E-state index in [1.165, 1.54) is 0 Å². The standard InChI is InChI=1S/C17H21N3O9/c1-8(22)14(7-21)15(27,9(2)23)16(28,10(3)24)17(29-14,11(4)25)20-6-5-12(18)19-13(20)26/h5-6,21,27-28H,7H2,1-4H3,(H2,18,19,26)/t14-,15+,16+,17+/m0/s1. The minimum Gasteiger partial charge on any atom is -0.393 e.